The van der Waals surface area contributed by atoms with Crippen LogP contribution in [-0.2, 0) is 110 Å². The molecule has 3 amide bonds. The third-order valence-electron chi connectivity index (χ3n) is 19.5. The molecule has 0 aliphatic carbocycles. The molecule has 36 heteroatoms. The molecular formula is C81H109Cl6N9O21. The first-order valence-electron chi connectivity index (χ1n) is 36.0. The number of anilines is 3. The number of carboxylic acid groups (broad SMARTS) is 6. The highest BCUT2D eigenvalue weighted by molar-refractivity contribution is 6.03. The predicted molar refractivity (Wildman–Crippen MR) is 405 cm³/mol. The second kappa shape index (κ2) is 54.5. The lowest BCUT2D eigenvalue weighted by Gasteiger charge is -2.26. The highest BCUT2D eigenvalue weighted by Crippen LogP contribution is 2.30. The fourth-order valence-corrected chi connectivity index (χ4v) is 13.5. The summed E-state index contributed by atoms with van der Waals surface area (Å²) in [6.07, 6.45) is 4.46. The van der Waals surface area contributed by atoms with E-state index < -0.39 is 152 Å². The maximum absolute atomic E-state index is 13.5. The summed E-state index contributed by atoms with van der Waals surface area (Å²) in [6.45, 7) is 0.0320. The zero-order valence-corrected chi connectivity index (χ0v) is 66.8. The minimum absolute atomic E-state index is 0. The predicted octanol–water partition coefficient (Wildman–Crippen LogP) is -17.9. The number of amides is 3. The first-order valence-corrected chi connectivity index (χ1v) is 36.0. The van der Waals surface area contributed by atoms with Crippen molar-refractivity contribution in [2.24, 2.45) is 0 Å². The quantitative estimate of drug-likeness (QED) is 0.0138. The van der Waals surface area contributed by atoms with Crippen LogP contribution in [0.4, 0.5) is 17.1 Å². The van der Waals surface area contributed by atoms with E-state index in [-0.39, 0.29) is 116 Å². The molecule has 4 aliphatic rings. The van der Waals surface area contributed by atoms with Crippen molar-refractivity contribution in [3.63, 3.8) is 0 Å². The summed E-state index contributed by atoms with van der Waals surface area (Å²) in [4.78, 5) is 152. The van der Waals surface area contributed by atoms with Gasteiger partial charge in [-0.3, -0.25) is 43.5 Å². The van der Waals surface area contributed by atoms with Gasteiger partial charge in [0.15, 0.2) is 61.1 Å². The van der Waals surface area contributed by atoms with Gasteiger partial charge in [0.2, 0.25) is 12.1 Å². The third kappa shape index (κ3) is 33.1. The first kappa shape index (κ1) is 110. The molecule has 11 atom stereocenters. The van der Waals surface area contributed by atoms with Crippen LogP contribution in [-0.4, -0.2) is 201 Å². The van der Waals surface area contributed by atoms with E-state index in [9.17, 15) is 83.1 Å². The Kier molecular flexibility index (Phi) is 51.0. The Bertz CT molecular complexity index is 4150. The monoisotopic (exact) mass is 1750 g/mol. The number of nitrogens with two attached hydrogens (primary N) is 4. The van der Waals surface area contributed by atoms with Gasteiger partial charge in [0.25, 0.3) is 17.7 Å². The van der Waals surface area contributed by atoms with Crippen LogP contribution in [0.1, 0.15) is 108 Å². The van der Waals surface area contributed by atoms with Crippen molar-refractivity contribution in [2.45, 2.75) is 179 Å². The van der Waals surface area contributed by atoms with Gasteiger partial charge in [0.05, 0.1) is 6.42 Å². The molecule has 6 aromatic rings. The van der Waals surface area contributed by atoms with E-state index in [2.05, 4.69) is 11.5 Å². The highest BCUT2D eigenvalue weighted by Gasteiger charge is 2.44. The Morgan fingerprint density at radius 1 is 0.453 bits per heavy atom. The van der Waals surface area contributed by atoms with Crippen LogP contribution >= 0.6 is 0 Å². The molecule has 117 heavy (non-hydrogen) atoms. The number of ether oxygens (including phenoxy) is 3. The SMILES string of the molecule is C.C.C.C[C@@H](OC(=O)C(CCc1ccccc1)[NH2+][C@@H]1CCc2ccccc2N(CC(=O)O)C1=O)[C@H]([NH3+])C(=O)O.O=C(O)CN1C(=O)[C@H]([NH2+]C(CCc2ccccc2)C(=O)O[C@H]2C[NH2+][C@H](C(=O)O)C2)CCc2ccccc21.[Cl-].[Cl-].[Cl-].[Cl-].[Cl-].[Cl-].[NH3+][C@@H](COC(=O)C(CCc1ccccc1)[NH2+][C@@H]1CCc2ccccc2N(CC(=O)O)C1=O)C(=O)O. The van der Waals surface area contributed by atoms with Gasteiger partial charge < -0.3 is 152 Å². The number of aryl methyl sites for hydroxylation is 6. The minimum Gasteiger partial charge on any atom is -1.00 e. The molecule has 1 saturated heterocycles. The van der Waals surface area contributed by atoms with Gasteiger partial charge in [-0.25, -0.2) is 28.8 Å². The molecule has 0 spiro atoms. The number of rotatable bonds is 32. The lowest BCUT2D eigenvalue weighted by Crippen LogP contribution is -3.00. The van der Waals surface area contributed by atoms with E-state index in [1.54, 1.807) is 57.7 Å². The molecule has 4 heterocycles. The number of aliphatic carboxylic acids is 6. The summed E-state index contributed by atoms with van der Waals surface area (Å²) in [5.74, 6) is -9.57. The second-order valence-corrected chi connectivity index (χ2v) is 27.2. The maximum atomic E-state index is 13.5. The summed E-state index contributed by atoms with van der Waals surface area (Å²) < 4.78 is 16.4. The normalized spacial score (nSPS) is 17.6. The molecular weight excluding hydrogens is 1650 g/mol. The van der Waals surface area contributed by atoms with Crippen LogP contribution in [0.5, 0.6) is 0 Å². The molecule has 6 aromatic carbocycles. The third-order valence-corrected chi connectivity index (χ3v) is 19.5. The molecule has 0 saturated carbocycles. The number of hydrogen-bond acceptors (Lipinski definition) is 15. The Morgan fingerprint density at radius 2 is 0.769 bits per heavy atom. The van der Waals surface area contributed by atoms with E-state index in [4.69, 9.17) is 19.3 Å². The number of carbonyl (C=O) groups is 12. The average molecular weight is 1760 g/mol. The van der Waals surface area contributed by atoms with Gasteiger partial charge in [-0.2, -0.15) is 0 Å². The molecule has 0 radical (unpaired) electrons. The Balaban J connectivity index is 0. The van der Waals surface area contributed by atoms with E-state index in [1.165, 1.54) is 21.6 Å². The van der Waals surface area contributed by atoms with Crippen LogP contribution in [0.15, 0.2) is 164 Å². The van der Waals surface area contributed by atoms with E-state index in [0.29, 0.717) is 101 Å². The standard InChI is InChI=1S/C27H31N3O7.C26H31N3O7.C25H29N3O7.3CH4.6ClH/c31-24(32)16-30-23-9-5-4-8-18(23)11-13-20(25(30)33)29-21(12-10-17-6-2-1-3-7-17)27(36)37-19-14-22(26(34)35)28-15-19;1-16(23(27)25(33)34)36-26(35)20(13-11-17-7-3-2-4-8-17)28-19-14-12-18-9-5-6-10-21(18)29(24(19)32)15-22(30)31;26-18(24(32)33)15-35-25(34)20(12-10-16-6-2-1-3-7-16)27-19-13-11-17-8-4-5-9-21(17)28(23(19)31)14-22(29)30;;;;;;;;;/h1-9,19-22,28-29H,10-16H2,(H,31,32)(H,34,35);2-10,16,19-20,23,28H,11-15,27H2,1H3,(H,30,31)(H,33,34);1-9,18-20,27H,10-15,26H2,(H,29,30)(H,32,33);3*1H4;6*1H/t19-,20-,21?,22+;16-,19-,20?,23+;18-,19+,20?;;;;;;;;;/m110........./s1. The lowest BCUT2D eigenvalue weighted by molar-refractivity contribution is -0.700. The van der Waals surface area contributed by atoms with Crippen molar-refractivity contribution in [3.05, 3.63) is 197 Å². The number of para-hydroxylation sites is 3. The zero-order chi connectivity index (χ0) is 78.0. The van der Waals surface area contributed by atoms with Crippen LogP contribution < -0.4 is 122 Å². The molecule has 0 aromatic heterocycles. The van der Waals surface area contributed by atoms with Gasteiger partial charge in [-0.1, -0.05) is 168 Å². The molecule has 3 unspecified atom stereocenters. The van der Waals surface area contributed by atoms with E-state index in [1.807, 2.05) is 127 Å². The van der Waals surface area contributed by atoms with Crippen LogP contribution in [0, 0.1) is 0 Å². The number of fused-ring (bicyclic) bond motifs is 3. The topological polar surface area (TPSA) is 485 Å². The molecule has 20 N–H and O–H groups in total. The number of carboxylic acids is 6. The number of esters is 3. The fraction of sp³-hybridized carbons (Fsp3) is 0.407. The van der Waals surface area contributed by atoms with Crippen molar-refractivity contribution in [1.29, 1.82) is 0 Å². The van der Waals surface area contributed by atoms with Crippen LogP contribution in [0.25, 0.3) is 0 Å². The van der Waals surface area contributed by atoms with Crippen molar-refractivity contribution < 1.29 is 210 Å². The highest BCUT2D eigenvalue weighted by atomic mass is 35.5. The summed E-state index contributed by atoms with van der Waals surface area (Å²) in [6, 6.07) is 43.1. The number of halogens is 6. The van der Waals surface area contributed by atoms with Gasteiger partial charge in [-0.15, -0.1) is 0 Å². The van der Waals surface area contributed by atoms with Crippen molar-refractivity contribution >= 4 is 88.5 Å². The van der Waals surface area contributed by atoms with Crippen molar-refractivity contribution in [2.75, 3.05) is 47.5 Å². The van der Waals surface area contributed by atoms with Crippen LogP contribution in [0.3, 0.4) is 0 Å². The lowest BCUT2D eigenvalue weighted by atomic mass is 10.0. The number of benzene rings is 6. The van der Waals surface area contributed by atoms with Gasteiger partial charge in [0.1, 0.15) is 26.2 Å². The van der Waals surface area contributed by atoms with Crippen LogP contribution in [0.2, 0.25) is 0 Å². The maximum Gasteiger partial charge on any atom is 0.366 e. The van der Waals surface area contributed by atoms with Gasteiger partial charge in [-0.05, 0) is 97.0 Å². The molecule has 4 aliphatic heterocycles. The summed E-state index contributed by atoms with van der Waals surface area (Å²) in [5, 5.41) is 62.4. The molecule has 0 bridgehead atoms. The molecule has 30 nitrogen and oxygen atoms in total. The number of quaternary nitrogens is 6. The summed E-state index contributed by atoms with van der Waals surface area (Å²) in [5.41, 5.74) is 14.4. The van der Waals surface area contributed by atoms with Gasteiger partial charge in [0, 0.05) is 55.6 Å². The summed E-state index contributed by atoms with van der Waals surface area (Å²) >= 11 is 0. The number of carbonyl (C=O) groups excluding carboxylic acids is 6. The minimum atomic E-state index is -1.18. The summed E-state index contributed by atoms with van der Waals surface area (Å²) in [7, 11) is 0. The molecule has 646 valence electrons. The molecule has 1 fully saturated rings. The largest absolute Gasteiger partial charge is 1.00 e. The fourth-order valence-electron chi connectivity index (χ4n) is 13.5. The smallest absolute Gasteiger partial charge is 0.366 e. The van der Waals surface area contributed by atoms with Gasteiger partial charge >= 0.3 is 53.7 Å². The molecule has 10 rings (SSSR count). The Hall–Kier alpha value is -9.54. The Labute approximate surface area is 717 Å². The van der Waals surface area contributed by atoms with Crippen molar-refractivity contribution in [3.8, 4) is 0 Å². The zero-order valence-electron chi connectivity index (χ0n) is 62.3. The van der Waals surface area contributed by atoms with E-state index in [0.717, 1.165) is 33.4 Å². The Morgan fingerprint density at radius 3 is 1.08 bits per heavy atom. The average Bonchev–Trinajstić information content (AvgIpc) is 1.71. The number of nitrogens with zero attached hydrogens (tertiary/aromatic N) is 3. The second-order valence-electron chi connectivity index (χ2n) is 27.2. The first-order chi connectivity index (χ1) is 51.7. The van der Waals surface area contributed by atoms with Crippen molar-refractivity contribution in [1.82, 2.24) is 0 Å². The van der Waals surface area contributed by atoms with E-state index >= 15 is 0 Å². The number of hydrogen-bond donors (Lipinski definition) is 12.